The molecule has 0 spiro atoms. The number of hydrogen-bond acceptors (Lipinski definition) is 3. The Kier molecular flexibility index (Phi) is 5.18. The van der Waals surface area contributed by atoms with E-state index in [1.807, 2.05) is 0 Å². The fourth-order valence-electron chi connectivity index (χ4n) is 1.75. The van der Waals surface area contributed by atoms with Gasteiger partial charge in [0.05, 0.1) is 10.2 Å². The van der Waals surface area contributed by atoms with Crippen LogP contribution in [0.2, 0.25) is 5.02 Å². The van der Waals surface area contributed by atoms with E-state index in [1.54, 1.807) is 6.92 Å². The van der Waals surface area contributed by atoms with Crippen molar-refractivity contribution in [2.45, 2.75) is 13.5 Å². The zero-order chi connectivity index (χ0) is 15.6. The second kappa shape index (κ2) is 6.72. The first-order chi connectivity index (χ1) is 9.88. The monoisotopic (exact) mass is 380 g/mol. The minimum Gasteiger partial charge on any atom is -0.431 e. The Hall–Kier alpha value is -1.18. The highest BCUT2D eigenvalue weighted by molar-refractivity contribution is 9.10. The van der Waals surface area contributed by atoms with Gasteiger partial charge in [0.15, 0.2) is 5.75 Å². The molecule has 2 N–H and O–H groups in total. The fraction of sp³-hybridized carbons (Fsp3) is 0.308. The third-order valence-corrected chi connectivity index (χ3v) is 3.82. The van der Waals surface area contributed by atoms with E-state index in [0.717, 1.165) is 5.57 Å². The number of benzene rings is 1. The molecule has 1 aromatic carbocycles. The van der Waals surface area contributed by atoms with Crippen molar-refractivity contribution in [3.8, 4) is 5.75 Å². The average Bonchev–Trinajstić information content (AvgIpc) is 2.30. The van der Waals surface area contributed by atoms with Crippen molar-refractivity contribution in [1.29, 1.82) is 0 Å². The smallest absolute Gasteiger partial charge is 0.387 e. The van der Waals surface area contributed by atoms with E-state index in [9.17, 15) is 13.6 Å². The number of carbonyl (C=O) groups is 1. The lowest BCUT2D eigenvalue weighted by Gasteiger charge is -2.22. The highest BCUT2D eigenvalue weighted by Gasteiger charge is 2.20. The topological polar surface area (TPSA) is 50.4 Å². The first-order valence-electron chi connectivity index (χ1n) is 6.03. The van der Waals surface area contributed by atoms with Gasteiger partial charge in [0.25, 0.3) is 5.91 Å². The molecule has 21 heavy (non-hydrogen) atoms. The van der Waals surface area contributed by atoms with Crippen LogP contribution in [-0.2, 0) is 4.79 Å². The molecule has 8 heteroatoms. The SMILES string of the molecule is CC(C(=O)Nc1cc(Cl)cc(Br)c1OC(F)F)=C1CNC1. The van der Waals surface area contributed by atoms with Crippen LogP contribution in [0.25, 0.3) is 0 Å². The molecule has 1 heterocycles. The Balaban J connectivity index is 2.28. The molecule has 1 saturated heterocycles. The van der Waals surface area contributed by atoms with Gasteiger partial charge in [0.1, 0.15) is 0 Å². The lowest BCUT2D eigenvalue weighted by molar-refractivity contribution is -0.113. The van der Waals surface area contributed by atoms with Gasteiger partial charge >= 0.3 is 6.61 Å². The number of carbonyl (C=O) groups excluding carboxylic acids is 1. The lowest BCUT2D eigenvalue weighted by Crippen LogP contribution is -2.36. The first kappa shape index (κ1) is 16.2. The lowest BCUT2D eigenvalue weighted by atomic mass is 10.0. The van der Waals surface area contributed by atoms with Gasteiger partial charge < -0.3 is 15.4 Å². The summed E-state index contributed by atoms with van der Waals surface area (Å²) >= 11 is 8.97. The summed E-state index contributed by atoms with van der Waals surface area (Å²) in [4.78, 5) is 12.1. The number of nitrogens with one attached hydrogen (secondary N) is 2. The van der Waals surface area contributed by atoms with Crippen LogP contribution in [0.5, 0.6) is 5.75 Å². The summed E-state index contributed by atoms with van der Waals surface area (Å²) in [6.07, 6.45) is 0. The summed E-state index contributed by atoms with van der Waals surface area (Å²) in [6.45, 7) is -0.0235. The number of anilines is 1. The Labute approximate surface area is 133 Å². The van der Waals surface area contributed by atoms with Gasteiger partial charge in [-0.15, -0.1) is 0 Å². The fourth-order valence-corrected chi connectivity index (χ4v) is 2.66. The molecular weight excluding hydrogens is 370 g/mol. The van der Waals surface area contributed by atoms with E-state index in [-0.39, 0.29) is 26.8 Å². The van der Waals surface area contributed by atoms with Crippen LogP contribution in [0.3, 0.4) is 0 Å². The van der Waals surface area contributed by atoms with Crippen molar-refractivity contribution in [3.05, 3.63) is 32.8 Å². The van der Waals surface area contributed by atoms with E-state index in [0.29, 0.717) is 18.7 Å². The molecule has 114 valence electrons. The van der Waals surface area contributed by atoms with Crippen LogP contribution >= 0.6 is 27.5 Å². The van der Waals surface area contributed by atoms with Gasteiger partial charge in [0.2, 0.25) is 0 Å². The third-order valence-electron chi connectivity index (χ3n) is 3.01. The zero-order valence-corrected chi connectivity index (χ0v) is 13.3. The van der Waals surface area contributed by atoms with Gasteiger partial charge in [0, 0.05) is 23.7 Å². The summed E-state index contributed by atoms with van der Waals surface area (Å²) in [7, 11) is 0. The summed E-state index contributed by atoms with van der Waals surface area (Å²) in [5.41, 5.74) is 1.62. The normalized spacial score (nSPS) is 13.9. The highest BCUT2D eigenvalue weighted by atomic mass is 79.9. The van der Waals surface area contributed by atoms with Gasteiger partial charge in [-0.3, -0.25) is 4.79 Å². The van der Waals surface area contributed by atoms with Crippen molar-refractivity contribution >= 4 is 39.1 Å². The Morgan fingerprint density at radius 2 is 2.14 bits per heavy atom. The van der Waals surface area contributed by atoms with E-state index < -0.39 is 6.61 Å². The second-order valence-corrected chi connectivity index (χ2v) is 5.72. The quantitative estimate of drug-likeness (QED) is 0.784. The number of halogens is 4. The Bertz CT molecular complexity index is 602. The van der Waals surface area contributed by atoms with Crippen molar-refractivity contribution in [2.75, 3.05) is 18.4 Å². The summed E-state index contributed by atoms with van der Waals surface area (Å²) < 4.78 is 29.6. The minimum absolute atomic E-state index is 0.0897. The van der Waals surface area contributed by atoms with Crippen LogP contribution in [-0.4, -0.2) is 25.6 Å². The molecule has 4 nitrogen and oxygen atoms in total. The standard InChI is InChI=1S/C13H12BrClF2N2O2/c1-6(7-4-18-5-7)12(20)19-10-3-8(15)2-9(14)11(10)21-13(16)17/h2-3,13,18H,4-5H2,1H3,(H,19,20). The van der Waals surface area contributed by atoms with Crippen molar-refractivity contribution in [1.82, 2.24) is 5.32 Å². The van der Waals surface area contributed by atoms with Crippen molar-refractivity contribution in [3.63, 3.8) is 0 Å². The van der Waals surface area contributed by atoms with E-state index in [4.69, 9.17) is 11.6 Å². The van der Waals surface area contributed by atoms with Gasteiger partial charge in [-0.1, -0.05) is 11.6 Å². The molecule has 0 atom stereocenters. The molecule has 0 saturated carbocycles. The average molecular weight is 382 g/mol. The molecule has 0 unspecified atom stereocenters. The molecule has 0 bridgehead atoms. The number of amides is 1. The minimum atomic E-state index is -3.01. The maximum absolute atomic E-state index is 12.5. The number of rotatable bonds is 4. The first-order valence-corrected chi connectivity index (χ1v) is 7.20. The highest BCUT2D eigenvalue weighted by Crippen LogP contribution is 2.37. The van der Waals surface area contributed by atoms with Crippen LogP contribution in [0.1, 0.15) is 6.92 Å². The van der Waals surface area contributed by atoms with Crippen LogP contribution in [0.15, 0.2) is 27.8 Å². The molecule has 1 aromatic rings. The predicted octanol–water partition coefficient (Wildman–Crippen LogP) is 3.56. The van der Waals surface area contributed by atoms with Crippen LogP contribution in [0.4, 0.5) is 14.5 Å². The molecule has 1 aliphatic rings. The molecule has 0 aromatic heterocycles. The summed E-state index contributed by atoms with van der Waals surface area (Å²) in [5, 5.41) is 5.86. The Morgan fingerprint density at radius 1 is 1.48 bits per heavy atom. The number of hydrogen-bond donors (Lipinski definition) is 2. The largest absolute Gasteiger partial charge is 0.431 e. The van der Waals surface area contributed by atoms with Crippen LogP contribution in [0, 0.1) is 0 Å². The van der Waals surface area contributed by atoms with Crippen molar-refractivity contribution in [2.24, 2.45) is 0 Å². The number of alkyl halides is 2. The maximum Gasteiger partial charge on any atom is 0.387 e. The maximum atomic E-state index is 12.5. The van der Waals surface area contributed by atoms with Gasteiger partial charge in [-0.05, 0) is 40.6 Å². The van der Waals surface area contributed by atoms with Crippen LogP contribution < -0.4 is 15.4 Å². The number of ether oxygens (including phenoxy) is 1. The third kappa shape index (κ3) is 3.93. The summed E-state index contributed by atoms with van der Waals surface area (Å²) in [6, 6.07) is 2.77. The molecule has 1 fully saturated rings. The second-order valence-electron chi connectivity index (χ2n) is 4.43. The van der Waals surface area contributed by atoms with Gasteiger partial charge in [-0.25, -0.2) is 0 Å². The van der Waals surface area contributed by atoms with E-state index >= 15 is 0 Å². The molecule has 0 radical (unpaired) electrons. The molecule has 1 amide bonds. The van der Waals surface area contributed by atoms with E-state index in [2.05, 4.69) is 31.3 Å². The Morgan fingerprint density at radius 3 is 2.67 bits per heavy atom. The van der Waals surface area contributed by atoms with Crippen molar-refractivity contribution < 1.29 is 18.3 Å². The molecule has 2 rings (SSSR count). The van der Waals surface area contributed by atoms with Gasteiger partial charge in [-0.2, -0.15) is 8.78 Å². The zero-order valence-electron chi connectivity index (χ0n) is 11.0. The molecule has 1 aliphatic heterocycles. The summed E-state index contributed by atoms with van der Waals surface area (Å²) in [5.74, 6) is -0.535. The molecule has 0 aliphatic carbocycles. The van der Waals surface area contributed by atoms with E-state index in [1.165, 1.54) is 12.1 Å². The molecular formula is C13H12BrClF2N2O2. The predicted molar refractivity (Wildman–Crippen MR) is 80.0 cm³/mol.